The van der Waals surface area contributed by atoms with Crippen LogP contribution in [0.25, 0.3) is 0 Å². The zero-order valence-corrected chi connectivity index (χ0v) is 13.1. The number of rotatable bonds is 9. The maximum absolute atomic E-state index is 11.6. The fourth-order valence-corrected chi connectivity index (χ4v) is 2.19. The van der Waals surface area contributed by atoms with E-state index in [0.29, 0.717) is 19.5 Å². The molecular weight excluding hydrogens is 264 g/mol. The maximum atomic E-state index is 11.6. The second kappa shape index (κ2) is 9.97. The number of carbonyl (C=O) groups is 2. The number of carbonyl (C=O) groups excluding carboxylic acids is 2. The Balaban J connectivity index is 2.27. The topological polar surface area (TPSA) is 49.4 Å². The first-order chi connectivity index (χ1) is 10.1. The fourth-order valence-electron chi connectivity index (χ4n) is 2.19. The molecule has 1 rings (SSSR count). The largest absolute Gasteiger partial charge is 0.354 e. The monoisotopic (exact) mass is 290 g/mol. The summed E-state index contributed by atoms with van der Waals surface area (Å²) in [6.07, 6.45) is 3.30. The van der Waals surface area contributed by atoms with Gasteiger partial charge in [0.05, 0.1) is 0 Å². The smallest absolute Gasteiger partial charge is 0.220 e. The number of hydrogen-bond acceptors (Lipinski definition) is 2. The predicted molar refractivity (Wildman–Crippen MR) is 84.9 cm³/mol. The number of benzene rings is 1. The van der Waals surface area contributed by atoms with Crippen molar-refractivity contribution < 1.29 is 9.59 Å². The molecule has 21 heavy (non-hydrogen) atoms. The van der Waals surface area contributed by atoms with E-state index in [1.54, 1.807) is 11.8 Å². The van der Waals surface area contributed by atoms with E-state index in [-0.39, 0.29) is 11.8 Å². The molecule has 1 N–H and O–H groups in total. The van der Waals surface area contributed by atoms with Crippen LogP contribution in [0.1, 0.15) is 38.7 Å². The first-order valence-corrected chi connectivity index (χ1v) is 7.69. The zero-order chi connectivity index (χ0) is 15.5. The molecule has 116 valence electrons. The molecule has 0 aliphatic carbocycles. The summed E-state index contributed by atoms with van der Waals surface area (Å²) in [5.41, 5.74) is 1.29. The Kier molecular flexibility index (Phi) is 8.17. The van der Waals surface area contributed by atoms with Gasteiger partial charge in [0, 0.05) is 33.0 Å². The number of hydrogen-bond donors (Lipinski definition) is 1. The highest BCUT2D eigenvalue weighted by Gasteiger charge is 2.08. The van der Waals surface area contributed by atoms with E-state index < -0.39 is 0 Å². The van der Waals surface area contributed by atoms with E-state index in [1.165, 1.54) is 5.56 Å². The Morgan fingerprint density at radius 1 is 1.14 bits per heavy atom. The minimum atomic E-state index is 0.0605. The van der Waals surface area contributed by atoms with Crippen molar-refractivity contribution in [2.24, 2.45) is 0 Å². The fraction of sp³-hybridized carbons (Fsp3) is 0.529. The van der Waals surface area contributed by atoms with Crippen molar-refractivity contribution in [3.63, 3.8) is 0 Å². The van der Waals surface area contributed by atoms with Crippen molar-refractivity contribution in [2.75, 3.05) is 19.6 Å². The minimum Gasteiger partial charge on any atom is -0.354 e. The van der Waals surface area contributed by atoms with Gasteiger partial charge in [-0.2, -0.15) is 0 Å². The molecule has 0 heterocycles. The van der Waals surface area contributed by atoms with E-state index >= 15 is 0 Å². The van der Waals surface area contributed by atoms with Gasteiger partial charge in [-0.15, -0.1) is 0 Å². The highest BCUT2D eigenvalue weighted by Crippen LogP contribution is 2.03. The molecule has 0 aromatic heterocycles. The second-order valence-corrected chi connectivity index (χ2v) is 5.20. The van der Waals surface area contributed by atoms with E-state index in [2.05, 4.69) is 17.4 Å². The standard InChI is InChI=1S/C17H26N2O2/c1-3-8-17(21)18-12-14-19(15(2)20)13-7-11-16-9-5-4-6-10-16/h4-6,9-10H,3,7-8,11-14H2,1-2H3,(H,18,21). The molecule has 0 saturated carbocycles. The SMILES string of the molecule is CCCC(=O)NCCN(CCCc1ccccc1)C(C)=O. The molecule has 0 unspecified atom stereocenters. The van der Waals surface area contributed by atoms with Crippen LogP contribution in [0, 0.1) is 0 Å². The van der Waals surface area contributed by atoms with Gasteiger partial charge in [-0.1, -0.05) is 37.3 Å². The van der Waals surface area contributed by atoms with E-state index in [9.17, 15) is 9.59 Å². The zero-order valence-electron chi connectivity index (χ0n) is 13.1. The molecule has 4 heteroatoms. The van der Waals surface area contributed by atoms with Crippen molar-refractivity contribution in [3.05, 3.63) is 35.9 Å². The summed E-state index contributed by atoms with van der Waals surface area (Å²) in [4.78, 5) is 24.8. The van der Waals surface area contributed by atoms with E-state index in [4.69, 9.17) is 0 Å². The van der Waals surface area contributed by atoms with Crippen molar-refractivity contribution in [3.8, 4) is 0 Å². The third kappa shape index (κ3) is 7.49. The molecule has 0 atom stereocenters. The quantitative estimate of drug-likeness (QED) is 0.759. The molecule has 0 spiro atoms. The molecule has 1 aromatic rings. The molecule has 0 bridgehead atoms. The van der Waals surface area contributed by atoms with Crippen LogP contribution in [0.15, 0.2) is 30.3 Å². The van der Waals surface area contributed by atoms with Crippen LogP contribution in [0.2, 0.25) is 0 Å². The predicted octanol–water partition coefficient (Wildman–Crippen LogP) is 2.38. The second-order valence-electron chi connectivity index (χ2n) is 5.20. The van der Waals surface area contributed by atoms with Gasteiger partial charge in [0.25, 0.3) is 0 Å². The molecule has 0 radical (unpaired) electrons. The Morgan fingerprint density at radius 3 is 2.48 bits per heavy atom. The van der Waals surface area contributed by atoms with Crippen molar-refractivity contribution in [1.29, 1.82) is 0 Å². The van der Waals surface area contributed by atoms with Gasteiger partial charge in [0.2, 0.25) is 11.8 Å². The first-order valence-electron chi connectivity index (χ1n) is 7.69. The van der Waals surface area contributed by atoms with Crippen LogP contribution in [-0.4, -0.2) is 36.3 Å². The molecule has 4 nitrogen and oxygen atoms in total. The Bertz CT molecular complexity index is 432. The minimum absolute atomic E-state index is 0.0605. The lowest BCUT2D eigenvalue weighted by atomic mass is 10.1. The lowest BCUT2D eigenvalue weighted by Crippen LogP contribution is -2.38. The summed E-state index contributed by atoms with van der Waals surface area (Å²) in [5.74, 6) is 0.123. The lowest BCUT2D eigenvalue weighted by Gasteiger charge is -2.21. The molecule has 0 saturated heterocycles. The Labute approximate surface area is 127 Å². The van der Waals surface area contributed by atoms with Gasteiger partial charge in [-0.05, 0) is 24.8 Å². The summed E-state index contributed by atoms with van der Waals surface area (Å²) in [6, 6.07) is 10.3. The van der Waals surface area contributed by atoms with Gasteiger partial charge in [0.15, 0.2) is 0 Å². The van der Waals surface area contributed by atoms with Crippen LogP contribution < -0.4 is 5.32 Å². The van der Waals surface area contributed by atoms with Crippen molar-refractivity contribution in [2.45, 2.75) is 39.5 Å². The third-order valence-electron chi connectivity index (χ3n) is 3.36. The molecule has 2 amide bonds. The average Bonchev–Trinajstić information content (AvgIpc) is 2.47. The summed E-state index contributed by atoms with van der Waals surface area (Å²) in [6.45, 7) is 5.40. The molecule has 0 aliphatic rings. The summed E-state index contributed by atoms with van der Waals surface area (Å²) < 4.78 is 0. The van der Waals surface area contributed by atoms with Crippen molar-refractivity contribution in [1.82, 2.24) is 10.2 Å². The van der Waals surface area contributed by atoms with Gasteiger partial charge in [-0.3, -0.25) is 9.59 Å². The Morgan fingerprint density at radius 2 is 1.86 bits per heavy atom. The summed E-state index contributed by atoms with van der Waals surface area (Å²) >= 11 is 0. The Hall–Kier alpha value is -1.84. The normalized spacial score (nSPS) is 10.2. The van der Waals surface area contributed by atoms with Gasteiger partial charge >= 0.3 is 0 Å². The first kappa shape index (κ1) is 17.2. The molecule has 0 aliphatic heterocycles. The summed E-state index contributed by atoms with van der Waals surface area (Å²) in [5, 5.41) is 2.84. The van der Waals surface area contributed by atoms with Crippen LogP contribution in [0.5, 0.6) is 0 Å². The third-order valence-corrected chi connectivity index (χ3v) is 3.36. The van der Waals surface area contributed by atoms with E-state index in [0.717, 1.165) is 25.8 Å². The maximum Gasteiger partial charge on any atom is 0.220 e. The number of nitrogens with zero attached hydrogens (tertiary/aromatic N) is 1. The van der Waals surface area contributed by atoms with Gasteiger partial charge < -0.3 is 10.2 Å². The lowest BCUT2D eigenvalue weighted by molar-refractivity contribution is -0.129. The van der Waals surface area contributed by atoms with Gasteiger partial charge in [0.1, 0.15) is 0 Å². The molecule has 0 fully saturated rings. The molecular formula is C17H26N2O2. The highest BCUT2D eigenvalue weighted by molar-refractivity contribution is 5.76. The number of aryl methyl sites for hydroxylation is 1. The average molecular weight is 290 g/mol. The van der Waals surface area contributed by atoms with E-state index in [1.807, 2.05) is 25.1 Å². The summed E-state index contributed by atoms with van der Waals surface area (Å²) in [7, 11) is 0. The number of nitrogens with one attached hydrogen (secondary N) is 1. The van der Waals surface area contributed by atoms with Crippen molar-refractivity contribution >= 4 is 11.8 Å². The highest BCUT2D eigenvalue weighted by atomic mass is 16.2. The van der Waals surface area contributed by atoms with Crippen LogP contribution in [0.4, 0.5) is 0 Å². The van der Waals surface area contributed by atoms with Crippen LogP contribution in [0.3, 0.4) is 0 Å². The van der Waals surface area contributed by atoms with Crippen LogP contribution >= 0.6 is 0 Å². The van der Waals surface area contributed by atoms with Gasteiger partial charge in [-0.25, -0.2) is 0 Å². The van der Waals surface area contributed by atoms with Crippen LogP contribution in [-0.2, 0) is 16.0 Å². The molecule has 1 aromatic carbocycles. The number of amides is 2.